The number of carboxylic acids is 1. The summed E-state index contributed by atoms with van der Waals surface area (Å²) in [4.78, 5) is 11.1. The van der Waals surface area contributed by atoms with Gasteiger partial charge in [-0.2, -0.15) is 0 Å². The minimum absolute atomic E-state index is 0.191. The van der Waals surface area contributed by atoms with Crippen molar-refractivity contribution in [3.05, 3.63) is 29.8 Å². The van der Waals surface area contributed by atoms with Gasteiger partial charge in [-0.05, 0) is 50.8 Å². The first-order valence-corrected chi connectivity index (χ1v) is 7.81. The molecule has 0 heterocycles. The van der Waals surface area contributed by atoms with E-state index in [1.807, 2.05) is 19.1 Å². The van der Waals surface area contributed by atoms with Gasteiger partial charge in [0, 0.05) is 12.1 Å². The van der Waals surface area contributed by atoms with Crippen LogP contribution in [0.4, 0.5) is 0 Å². The molecule has 1 aliphatic carbocycles. The number of ether oxygens (including phenoxy) is 1. The summed E-state index contributed by atoms with van der Waals surface area (Å²) in [6, 6.07) is 8.62. The average Bonchev–Trinajstić information content (AvgIpc) is 2.48. The Hall–Kier alpha value is -1.55. The summed E-state index contributed by atoms with van der Waals surface area (Å²) in [6.45, 7) is 4.77. The molecule has 4 heteroatoms. The maximum Gasteiger partial charge on any atom is 0.306 e. The monoisotopic (exact) mass is 291 g/mol. The lowest BCUT2D eigenvalue weighted by atomic mass is 9.85. The van der Waals surface area contributed by atoms with E-state index in [-0.39, 0.29) is 12.0 Å². The van der Waals surface area contributed by atoms with E-state index < -0.39 is 5.97 Å². The first-order valence-electron chi connectivity index (χ1n) is 7.81. The Kier molecular flexibility index (Phi) is 5.62. The molecule has 0 aromatic heterocycles. The van der Waals surface area contributed by atoms with Crippen LogP contribution >= 0.6 is 0 Å². The summed E-state index contributed by atoms with van der Waals surface area (Å²) in [5.41, 5.74) is 1.20. The van der Waals surface area contributed by atoms with E-state index in [0.29, 0.717) is 12.6 Å². The van der Waals surface area contributed by atoms with Crippen LogP contribution in [0.5, 0.6) is 5.75 Å². The van der Waals surface area contributed by atoms with Crippen LogP contribution in [-0.4, -0.2) is 23.7 Å². The summed E-state index contributed by atoms with van der Waals surface area (Å²) < 4.78 is 5.45. The number of benzene rings is 1. The first-order chi connectivity index (χ1) is 10.1. The van der Waals surface area contributed by atoms with Gasteiger partial charge in [0.1, 0.15) is 5.75 Å². The Bertz CT molecular complexity index is 458. The van der Waals surface area contributed by atoms with Gasteiger partial charge in [0.25, 0.3) is 0 Å². The minimum atomic E-state index is -0.657. The lowest BCUT2D eigenvalue weighted by Crippen LogP contribution is -2.37. The molecular formula is C17H25NO3. The highest BCUT2D eigenvalue weighted by Gasteiger charge is 2.27. The predicted octanol–water partition coefficient (Wildman–Crippen LogP) is 3.38. The van der Waals surface area contributed by atoms with Gasteiger partial charge in [-0.1, -0.05) is 18.6 Å². The smallest absolute Gasteiger partial charge is 0.306 e. The normalized spacial score (nSPS) is 23.5. The Balaban J connectivity index is 1.91. The number of hydrogen-bond acceptors (Lipinski definition) is 3. The molecule has 4 nitrogen and oxygen atoms in total. The standard InChI is InChI=1S/C17H25NO3/c1-3-21-16-9-7-13(8-10-16)12(2)18-15-6-4-5-14(11-15)17(19)20/h7-10,12,14-15,18H,3-6,11H2,1-2H3,(H,19,20). The van der Waals surface area contributed by atoms with Gasteiger partial charge in [-0.15, -0.1) is 0 Å². The molecule has 0 saturated heterocycles. The lowest BCUT2D eigenvalue weighted by molar-refractivity contribution is -0.143. The maximum atomic E-state index is 11.1. The van der Waals surface area contributed by atoms with Crippen molar-refractivity contribution in [1.82, 2.24) is 5.32 Å². The zero-order chi connectivity index (χ0) is 15.2. The number of aliphatic carboxylic acids is 1. The highest BCUT2D eigenvalue weighted by molar-refractivity contribution is 5.70. The van der Waals surface area contributed by atoms with Crippen molar-refractivity contribution >= 4 is 5.97 Å². The summed E-state index contributed by atoms with van der Waals surface area (Å²) in [5.74, 6) is 0.0380. The summed E-state index contributed by atoms with van der Waals surface area (Å²) in [5, 5.41) is 12.7. The predicted molar refractivity (Wildman–Crippen MR) is 82.5 cm³/mol. The average molecular weight is 291 g/mol. The summed E-state index contributed by atoms with van der Waals surface area (Å²) in [7, 11) is 0. The molecule has 0 amide bonds. The minimum Gasteiger partial charge on any atom is -0.494 e. The van der Waals surface area contributed by atoms with E-state index in [1.165, 1.54) is 5.56 Å². The van der Waals surface area contributed by atoms with Gasteiger partial charge in [-0.3, -0.25) is 4.79 Å². The van der Waals surface area contributed by atoms with Crippen molar-refractivity contribution in [3.63, 3.8) is 0 Å². The summed E-state index contributed by atoms with van der Waals surface area (Å²) >= 11 is 0. The molecule has 21 heavy (non-hydrogen) atoms. The van der Waals surface area contributed by atoms with Gasteiger partial charge in [0.2, 0.25) is 0 Å². The van der Waals surface area contributed by atoms with Gasteiger partial charge in [-0.25, -0.2) is 0 Å². The molecule has 2 rings (SSSR count). The fourth-order valence-corrected chi connectivity index (χ4v) is 3.03. The number of carbonyl (C=O) groups is 1. The maximum absolute atomic E-state index is 11.1. The number of carboxylic acid groups (broad SMARTS) is 1. The zero-order valence-corrected chi connectivity index (χ0v) is 12.8. The fraction of sp³-hybridized carbons (Fsp3) is 0.588. The molecule has 1 fully saturated rings. The third kappa shape index (κ3) is 4.46. The number of hydrogen-bond donors (Lipinski definition) is 2. The molecule has 3 atom stereocenters. The van der Waals surface area contributed by atoms with Gasteiger partial charge in [0.05, 0.1) is 12.5 Å². The molecule has 1 saturated carbocycles. The molecule has 1 aromatic carbocycles. The van der Waals surface area contributed by atoms with E-state index >= 15 is 0 Å². The van der Waals surface area contributed by atoms with Crippen molar-refractivity contribution in [2.45, 2.75) is 51.6 Å². The van der Waals surface area contributed by atoms with Gasteiger partial charge >= 0.3 is 5.97 Å². The van der Waals surface area contributed by atoms with Crippen LogP contribution in [-0.2, 0) is 4.79 Å². The number of nitrogens with one attached hydrogen (secondary N) is 1. The lowest BCUT2D eigenvalue weighted by Gasteiger charge is -2.30. The van der Waals surface area contributed by atoms with E-state index in [4.69, 9.17) is 9.84 Å². The third-order valence-electron chi connectivity index (χ3n) is 4.20. The largest absolute Gasteiger partial charge is 0.494 e. The first kappa shape index (κ1) is 15.8. The number of rotatable bonds is 6. The Morgan fingerprint density at radius 1 is 1.38 bits per heavy atom. The molecule has 0 aliphatic heterocycles. The zero-order valence-electron chi connectivity index (χ0n) is 12.8. The Labute approximate surface area is 126 Å². The van der Waals surface area contributed by atoms with Crippen LogP contribution in [0.3, 0.4) is 0 Å². The van der Waals surface area contributed by atoms with Crippen LogP contribution in [0.1, 0.15) is 51.1 Å². The van der Waals surface area contributed by atoms with Gasteiger partial charge in [0.15, 0.2) is 0 Å². The summed E-state index contributed by atoms with van der Waals surface area (Å²) in [6.07, 6.45) is 3.59. The molecule has 1 aromatic rings. The van der Waals surface area contributed by atoms with Gasteiger partial charge < -0.3 is 15.2 Å². The van der Waals surface area contributed by atoms with Crippen LogP contribution in [0.2, 0.25) is 0 Å². The quantitative estimate of drug-likeness (QED) is 0.843. The van der Waals surface area contributed by atoms with E-state index in [1.54, 1.807) is 0 Å². The second-order valence-electron chi connectivity index (χ2n) is 5.79. The molecule has 116 valence electrons. The SMILES string of the molecule is CCOc1ccc(C(C)NC2CCCC(C(=O)O)C2)cc1. The Morgan fingerprint density at radius 3 is 2.71 bits per heavy atom. The van der Waals surface area contributed by atoms with Crippen LogP contribution < -0.4 is 10.1 Å². The second kappa shape index (κ2) is 7.46. The molecule has 2 N–H and O–H groups in total. The van der Waals surface area contributed by atoms with Crippen molar-refractivity contribution in [2.75, 3.05) is 6.61 Å². The highest BCUT2D eigenvalue weighted by atomic mass is 16.5. The molecule has 3 unspecified atom stereocenters. The molecule has 1 aliphatic rings. The second-order valence-corrected chi connectivity index (χ2v) is 5.79. The van der Waals surface area contributed by atoms with Crippen molar-refractivity contribution < 1.29 is 14.6 Å². The molecule has 0 radical (unpaired) electrons. The molecule has 0 spiro atoms. The fourth-order valence-electron chi connectivity index (χ4n) is 3.03. The molecule has 0 bridgehead atoms. The van der Waals surface area contributed by atoms with E-state index in [0.717, 1.165) is 31.4 Å². The highest BCUT2D eigenvalue weighted by Crippen LogP contribution is 2.27. The van der Waals surface area contributed by atoms with Crippen molar-refractivity contribution in [1.29, 1.82) is 0 Å². The Morgan fingerprint density at radius 2 is 2.10 bits per heavy atom. The molecular weight excluding hydrogens is 266 g/mol. The van der Waals surface area contributed by atoms with Crippen LogP contribution in [0.25, 0.3) is 0 Å². The topological polar surface area (TPSA) is 58.6 Å². The van der Waals surface area contributed by atoms with Crippen molar-refractivity contribution in [3.8, 4) is 5.75 Å². The van der Waals surface area contributed by atoms with Crippen molar-refractivity contribution in [2.24, 2.45) is 5.92 Å². The van der Waals surface area contributed by atoms with E-state index in [9.17, 15) is 4.79 Å². The van der Waals surface area contributed by atoms with E-state index in [2.05, 4.69) is 24.4 Å². The third-order valence-corrected chi connectivity index (χ3v) is 4.20. The van der Waals surface area contributed by atoms with Crippen LogP contribution in [0, 0.1) is 5.92 Å². The van der Waals surface area contributed by atoms with Crippen LogP contribution in [0.15, 0.2) is 24.3 Å².